The molecule has 2 heteroatoms. The van der Waals surface area contributed by atoms with E-state index in [0.717, 1.165) is 42.1 Å². The van der Waals surface area contributed by atoms with Crippen LogP contribution in [0.4, 0.5) is 0 Å². The monoisotopic (exact) mass is 204 g/mol. The summed E-state index contributed by atoms with van der Waals surface area (Å²) >= 11 is 0. The molecule has 0 N–H and O–H groups in total. The van der Waals surface area contributed by atoms with Gasteiger partial charge >= 0.3 is 0 Å². The number of carbonyl (C=O) groups excluding carboxylic acids is 1. The highest BCUT2D eigenvalue weighted by Gasteiger charge is 2.22. The Morgan fingerprint density at radius 3 is 2.87 bits per heavy atom. The number of hydrogen-bond donors (Lipinski definition) is 0. The molecule has 0 atom stereocenters. The molecule has 1 aliphatic carbocycles. The summed E-state index contributed by atoms with van der Waals surface area (Å²) in [6.07, 6.45) is 4.38. The maximum atomic E-state index is 10.6. The minimum Gasteiger partial charge on any atom is -0.493 e. The van der Waals surface area contributed by atoms with Gasteiger partial charge < -0.3 is 4.74 Å². The van der Waals surface area contributed by atoms with Crippen LogP contribution in [0.2, 0.25) is 0 Å². The first-order valence-corrected chi connectivity index (χ1v) is 5.54. The van der Waals surface area contributed by atoms with Gasteiger partial charge in [-0.15, -0.1) is 0 Å². The van der Waals surface area contributed by atoms with Crippen molar-refractivity contribution >= 4 is 6.29 Å². The molecule has 0 saturated heterocycles. The van der Waals surface area contributed by atoms with Crippen LogP contribution in [0.3, 0.4) is 0 Å². The molecule has 0 radical (unpaired) electrons. The van der Waals surface area contributed by atoms with Gasteiger partial charge in [0.05, 0.1) is 6.61 Å². The van der Waals surface area contributed by atoms with Crippen LogP contribution < -0.4 is 4.74 Å². The lowest BCUT2D eigenvalue weighted by Gasteiger charge is -2.10. The molecule has 0 aromatic heterocycles. The van der Waals surface area contributed by atoms with Crippen molar-refractivity contribution in [3.8, 4) is 5.75 Å². The van der Waals surface area contributed by atoms with Gasteiger partial charge in [0.2, 0.25) is 0 Å². The van der Waals surface area contributed by atoms with Gasteiger partial charge in [-0.25, -0.2) is 0 Å². The lowest BCUT2D eigenvalue weighted by Crippen LogP contribution is -2.01. The predicted octanol–water partition coefficient (Wildman–Crippen LogP) is 2.85. The molecule has 15 heavy (non-hydrogen) atoms. The van der Waals surface area contributed by atoms with Crippen LogP contribution in [0.1, 0.15) is 35.7 Å². The molecule has 2 nitrogen and oxygen atoms in total. The quantitative estimate of drug-likeness (QED) is 0.689. The third-order valence-corrected chi connectivity index (χ3v) is 2.77. The molecule has 0 spiro atoms. The average molecular weight is 204 g/mol. The van der Waals surface area contributed by atoms with Gasteiger partial charge in [0.1, 0.15) is 12.0 Å². The van der Waals surface area contributed by atoms with E-state index < -0.39 is 0 Å². The number of carbonyl (C=O) groups is 1. The first kappa shape index (κ1) is 10.2. The molecule has 1 fully saturated rings. The van der Waals surface area contributed by atoms with Crippen LogP contribution in [-0.4, -0.2) is 12.9 Å². The average Bonchev–Trinajstić information content (AvgIpc) is 3.10. The standard InChI is InChI=1S/C13H16O2/c1-2-12-7-11(8-14)5-6-13(12)15-9-10-3-4-10/h5-8,10H,2-4,9H2,1H3. The zero-order valence-corrected chi connectivity index (χ0v) is 9.03. The number of aryl methyl sites for hydroxylation is 1. The van der Waals surface area contributed by atoms with Crippen LogP contribution >= 0.6 is 0 Å². The molecule has 1 aromatic rings. The summed E-state index contributed by atoms with van der Waals surface area (Å²) in [6.45, 7) is 2.90. The van der Waals surface area contributed by atoms with Crippen LogP contribution in [0, 0.1) is 5.92 Å². The third-order valence-electron chi connectivity index (χ3n) is 2.77. The highest BCUT2D eigenvalue weighted by atomic mass is 16.5. The summed E-state index contributed by atoms with van der Waals surface area (Å²) in [5.41, 5.74) is 1.85. The molecule has 0 unspecified atom stereocenters. The van der Waals surface area contributed by atoms with E-state index in [1.807, 2.05) is 18.2 Å². The molecule has 0 heterocycles. The SMILES string of the molecule is CCc1cc(C=O)ccc1OCC1CC1. The van der Waals surface area contributed by atoms with Crippen molar-refractivity contribution in [2.75, 3.05) is 6.61 Å². The van der Waals surface area contributed by atoms with Crippen LogP contribution in [-0.2, 0) is 6.42 Å². The maximum Gasteiger partial charge on any atom is 0.150 e. The van der Waals surface area contributed by atoms with E-state index in [-0.39, 0.29) is 0 Å². The summed E-state index contributed by atoms with van der Waals surface area (Å²) in [6, 6.07) is 5.63. The fourth-order valence-corrected chi connectivity index (χ4v) is 1.58. The number of aldehydes is 1. The topological polar surface area (TPSA) is 26.3 Å². The fourth-order valence-electron chi connectivity index (χ4n) is 1.58. The van der Waals surface area contributed by atoms with Gasteiger partial charge in [-0.05, 0) is 48.9 Å². The fraction of sp³-hybridized carbons (Fsp3) is 0.462. The molecule has 1 saturated carbocycles. The Bertz CT molecular complexity index is 354. The van der Waals surface area contributed by atoms with Crippen molar-refractivity contribution in [1.29, 1.82) is 0 Å². The molecular weight excluding hydrogens is 188 g/mol. The molecule has 0 amide bonds. The summed E-state index contributed by atoms with van der Waals surface area (Å²) in [5.74, 6) is 1.70. The van der Waals surface area contributed by atoms with Gasteiger partial charge in [0, 0.05) is 5.56 Å². The molecule has 1 aliphatic rings. The van der Waals surface area contributed by atoms with Crippen LogP contribution in [0.5, 0.6) is 5.75 Å². The normalized spacial score (nSPS) is 15.0. The summed E-state index contributed by atoms with van der Waals surface area (Å²) in [5, 5.41) is 0. The number of ether oxygens (including phenoxy) is 1. The van der Waals surface area contributed by atoms with Gasteiger partial charge in [-0.2, -0.15) is 0 Å². The number of rotatable bonds is 5. The second-order valence-corrected chi connectivity index (χ2v) is 4.09. The molecule has 80 valence electrons. The lowest BCUT2D eigenvalue weighted by molar-refractivity contribution is 0.112. The second-order valence-electron chi connectivity index (χ2n) is 4.09. The minimum absolute atomic E-state index is 0.727. The van der Waals surface area contributed by atoms with Crippen molar-refractivity contribution in [2.45, 2.75) is 26.2 Å². The molecule has 2 rings (SSSR count). The van der Waals surface area contributed by atoms with E-state index in [1.54, 1.807) is 0 Å². The van der Waals surface area contributed by atoms with Crippen molar-refractivity contribution in [3.05, 3.63) is 29.3 Å². The zero-order valence-electron chi connectivity index (χ0n) is 9.03. The molecule has 0 aliphatic heterocycles. The van der Waals surface area contributed by atoms with Gasteiger partial charge in [0.25, 0.3) is 0 Å². The highest BCUT2D eigenvalue weighted by Crippen LogP contribution is 2.30. The van der Waals surface area contributed by atoms with Crippen molar-refractivity contribution < 1.29 is 9.53 Å². The van der Waals surface area contributed by atoms with Crippen molar-refractivity contribution in [1.82, 2.24) is 0 Å². The minimum atomic E-state index is 0.727. The Morgan fingerprint density at radius 2 is 2.27 bits per heavy atom. The first-order chi connectivity index (χ1) is 7.33. The van der Waals surface area contributed by atoms with E-state index in [1.165, 1.54) is 12.8 Å². The van der Waals surface area contributed by atoms with Gasteiger partial charge in [0.15, 0.2) is 0 Å². The smallest absolute Gasteiger partial charge is 0.150 e. The van der Waals surface area contributed by atoms with E-state index in [4.69, 9.17) is 4.74 Å². The Morgan fingerprint density at radius 1 is 1.47 bits per heavy atom. The summed E-state index contributed by atoms with van der Waals surface area (Å²) in [7, 11) is 0. The van der Waals surface area contributed by atoms with E-state index in [2.05, 4.69) is 6.92 Å². The maximum absolute atomic E-state index is 10.6. The van der Waals surface area contributed by atoms with E-state index >= 15 is 0 Å². The van der Waals surface area contributed by atoms with E-state index in [0.29, 0.717) is 0 Å². The highest BCUT2D eigenvalue weighted by molar-refractivity contribution is 5.75. The lowest BCUT2D eigenvalue weighted by atomic mass is 10.1. The van der Waals surface area contributed by atoms with Gasteiger partial charge in [-0.1, -0.05) is 6.92 Å². The third kappa shape index (κ3) is 2.58. The Balaban J connectivity index is 2.09. The molecular formula is C13H16O2. The Labute approximate surface area is 90.3 Å². The van der Waals surface area contributed by atoms with Crippen molar-refractivity contribution in [2.24, 2.45) is 5.92 Å². The zero-order chi connectivity index (χ0) is 10.7. The molecule has 1 aromatic carbocycles. The first-order valence-electron chi connectivity index (χ1n) is 5.54. The number of hydrogen-bond acceptors (Lipinski definition) is 2. The largest absolute Gasteiger partial charge is 0.493 e. The predicted molar refractivity (Wildman–Crippen MR) is 59.4 cm³/mol. The molecule has 0 bridgehead atoms. The Hall–Kier alpha value is -1.31. The Kier molecular flexibility index (Phi) is 3.05. The van der Waals surface area contributed by atoms with Crippen molar-refractivity contribution in [3.63, 3.8) is 0 Å². The van der Waals surface area contributed by atoms with Crippen LogP contribution in [0.15, 0.2) is 18.2 Å². The van der Waals surface area contributed by atoms with Crippen LogP contribution in [0.25, 0.3) is 0 Å². The number of benzene rings is 1. The second kappa shape index (κ2) is 4.47. The summed E-state index contributed by atoms with van der Waals surface area (Å²) in [4.78, 5) is 10.6. The summed E-state index contributed by atoms with van der Waals surface area (Å²) < 4.78 is 5.74. The van der Waals surface area contributed by atoms with E-state index in [9.17, 15) is 4.79 Å². The van der Waals surface area contributed by atoms with Gasteiger partial charge in [-0.3, -0.25) is 4.79 Å².